The van der Waals surface area contributed by atoms with Crippen molar-refractivity contribution in [3.63, 3.8) is 0 Å². The molecule has 0 unspecified atom stereocenters. The molecule has 12 nitrogen and oxygen atoms in total. The SMILES string of the molecule is C(#Cc1cnc(-c2ncc(C#Cc3cnc(-c4ncccn4)nc3)cn2)nc1)c1cnc(-c2ncccn2)nc1. The zero-order valence-electron chi connectivity index (χ0n) is 20.4. The summed E-state index contributed by atoms with van der Waals surface area (Å²) >= 11 is 0. The summed E-state index contributed by atoms with van der Waals surface area (Å²) in [5.41, 5.74) is 2.51. The largest absolute Gasteiger partial charge is 0.234 e. The van der Waals surface area contributed by atoms with E-state index in [1.54, 1.807) is 86.5 Å². The molecular weight excluding hydrogens is 504 g/mol. The second kappa shape index (κ2) is 11.3. The molecule has 0 spiro atoms. The first-order valence-electron chi connectivity index (χ1n) is 11.7. The van der Waals surface area contributed by atoms with E-state index in [2.05, 4.69) is 83.5 Å². The van der Waals surface area contributed by atoms with Crippen molar-refractivity contribution < 1.29 is 0 Å². The van der Waals surface area contributed by atoms with Crippen LogP contribution >= 0.6 is 0 Å². The molecule has 6 rings (SSSR count). The highest BCUT2D eigenvalue weighted by Crippen LogP contribution is 2.10. The van der Waals surface area contributed by atoms with Crippen LogP contribution in [0.3, 0.4) is 0 Å². The molecule has 0 saturated heterocycles. The molecule has 0 atom stereocenters. The van der Waals surface area contributed by atoms with E-state index in [9.17, 15) is 0 Å². The Kier molecular flexibility index (Phi) is 6.79. The maximum atomic E-state index is 4.32. The molecule has 6 aromatic heterocycles. The van der Waals surface area contributed by atoms with Crippen molar-refractivity contribution >= 4 is 0 Å². The lowest BCUT2D eigenvalue weighted by molar-refractivity contribution is 1.07. The second-order valence-electron chi connectivity index (χ2n) is 7.83. The van der Waals surface area contributed by atoms with Crippen LogP contribution in [0.1, 0.15) is 22.3 Å². The van der Waals surface area contributed by atoms with Crippen LogP contribution in [0.5, 0.6) is 0 Å². The van der Waals surface area contributed by atoms with Crippen molar-refractivity contribution in [2.75, 3.05) is 0 Å². The minimum Gasteiger partial charge on any atom is -0.234 e. The van der Waals surface area contributed by atoms with Crippen LogP contribution in [0.25, 0.3) is 34.9 Å². The predicted octanol–water partition coefficient (Wildman–Crippen LogP) is 2.23. The number of rotatable bonds is 3. The van der Waals surface area contributed by atoms with Gasteiger partial charge >= 0.3 is 0 Å². The third-order valence-electron chi connectivity index (χ3n) is 5.04. The molecule has 12 heteroatoms. The molecule has 0 aliphatic rings. The van der Waals surface area contributed by atoms with E-state index >= 15 is 0 Å². The van der Waals surface area contributed by atoms with Gasteiger partial charge in [0, 0.05) is 74.4 Å². The second-order valence-corrected chi connectivity index (χ2v) is 7.83. The third kappa shape index (κ3) is 5.77. The highest BCUT2D eigenvalue weighted by Gasteiger charge is 2.06. The van der Waals surface area contributed by atoms with E-state index < -0.39 is 0 Å². The Hall–Kier alpha value is -6.40. The van der Waals surface area contributed by atoms with Gasteiger partial charge in [-0.25, -0.2) is 59.8 Å². The lowest BCUT2D eigenvalue weighted by Crippen LogP contribution is -1.96. The van der Waals surface area contributed by atoms with E-state index in [1.807, 2.05) is 0 Å². The first-order valence-corrected chi connectivity index (χ1v) is 11.7. The molecule has 0 aliphatic heterocycles. The Balaban J connectivity index is 1.09. The van der Waals surface area contributed by atoms with Crippen LogP contribution < -0.4 is 0 Å². The molecule has 6 aromatic rings. The number of nitrogens with zero attached hydrogens (tertiary/aromatic N) is 12. The average Bonchev–Trinajstić information content (AvgIpc) is 3.05. The Morgan fingerprint density at radius 2 is 0.475 bits per heavy atom. The lowest BCUT2D eigenvalue weighted by Gasteiger charge is -1.99. The van der Waals surface area contributed by atoms with Gasteiger partial charge < -0.3 is 0 Å². The standard InChI is InChI=1S/C28H14N12/c1-7-29-23(30-8-1)25-33-11-19(12-34-25)3-5-21-15-37-27(38-16-21)28-39-17-22(18-40-28)6-4-20-13-35-26(36-14-20)24-31-9-2-10-32-24/h1-2,7-18H. The first-order chi connectivity index (χ1) is 19.8. The Bertz CT molecular complexity index is 1710. The van der Waals surface area contributed by atoms with Crippen molar-refractivity contribution in [2.24, 2.45) is 0 Å². The molecule has 0 aliphatic carbocycles. The molecule has 0 N–H and O–H groups in total. The van der Waals surface area contributed by atoms with Crippen LogP contribution in [0.2, 0.25) is 0 Å². The first kappa shape index (κ1) is 24.0. The predicted molar refractivity (Wildman–Crippen MR) is 141 cm³/mol. The summed E-state index contributed by atoms with van der Waals surface area (Å²) in [6.45, 7) is 0. The van der Waals surface area contributed by atoms with Gasteiger partial charge in [-0.2, -0.15) is 0 Å². The van der Waals surface area contributed by atoms with Gasteiger partial charge in [0.2, 0.25) is 0 Å². The number of aromatic nitrogens is 12. The van der Waals surface area contributed by atoms with E-state index in [1.165, 1.54) is 0 Å². The summed E-state index contributed by atoms with van der Waals surface area (Å²) in [7, 11) is 0. The zero-order valence-corrected chi connectivity index (χ0v) is 20.4. The van der Waals surface area contributed by atoms with Crippen molar-refractivity contribution in [1.82, 2.24) is 59.8 Å². The Labute approximate surface area is 227 Å². The van der Waals surface area contributed by atoms with Crippen molar-refractivity contribution in [3.05, 3.63) is 109 Å². The summed E-state index contributed by atoms with van der Waals surface area (Å²) in [6.07, 6.45) is 19.4. The molecule has 0 radical (unpaired) electrons. The van der Waals surface area contributed by atoms with Crippen LogP contribution in [0.15, 0.2) is 86.5 Å². The molecule has 0 fully saturated rings. The van der Waals surface area contributed by atoms with Crippen molar-refractivity contribution in [1.29, 1.82) is 0 Å². The summed E-state index contributed by atoms with van der Waals surface area (Å²) in [6, 6.07) is 3.46. The van der Waals surface area contributed by atoms with Crippen LogP contribution in [-0.2, 0) is 0 Å². The summed E-state index contributed by atoms with van der Waals surface area (Å²) in [4.78, 5) is 50.9. The molecule has 186 valence electrons. The van der Waals surface area contributed by atoms with Gasteiger partial charge in [0.1, 0.15) is 0 Å². The number of hydrogen-bond donors (Lipinski definition) is 0. The smallest absolute Gasteiger partial charge is 0.197 e. The highest BCUT2D eigenvalue weighted by molar-refractivity contribution is 5.49. The fraction of sp³-hybridized carbons (Fsp3) is 0. The topological polar surface area (TPSA) is 155 Å². The maximum absolute atomic E-state index is 4.32. The van der Waals surface area contributed by atoms with Crippen molar-refractivity contribution in [2.45, 2.75) is 0 Å². The minimum atomic E-state index is 0.368. The van der Waals surface area contributed by atoms with Gasteiger partial charge in [-0.3, -0.25) is 0 Å². The fourth-order valence-corrected chi connectivity index (χ4v) is 3.15. The van der Waals surface area contributed by atoms with Crippen LogP contribution in [0.4, 0.5) is 0 Å². The van der Waals surface area contributed by atoms with E-state index in [4.69, 9.17) is 0 Å². The van der Waals surface area contributed by atoms with Gasteiger partial charge in [-0.1, -0.05) is 23.7 Å². The normalized spacial score (nSPS) is 10.1. The summed E-state index contributed by atoms with van der Waals surface area (Å²) < 4.78 is 0. The van der Waals surface area contributed by atoms with E-state index in [-0.39, 0.29) is 0 Å². The van der Waals surface area contributed by atoms with Crippen LogP contribution in [0, 0.1) is 23.7 Å². The highest BCUT2D eigenvalue weighted by atomic mass is 15.0. The van der Waals surface area contributed by atoms with Gasteiger partial charge in [-0.05, 0) is 12.1 Å². The summed E-state index contributed by atoms with van der Waals surface area (Å²) in [5.74, 6) is 14.5. The van der Waals surface area contributed by atoms with E-state index in [0.29, 0.717) is 57.2 Å². The van der Waals surface area contributed by atoms with Crippen molar-refractivity contribution in [3.8, 4) is 58.6 Å². The molecule has 0 bridgehead atoms. The Morgan fingerprint density at radius 1 is 0.275 bits per heavy atom. The van der Waals surface area contributed by atoms with Gasteiger partial charge in [0.15, 0.2) is 34.9 Å². The molecule has 6 heterocycles. The monoisotopic (exact) mass is 518 g/mol. The average molecular weight is 519 g/mol. The molecule has 0 aromatic carbocycles. The van der Waals surface area contributed by atoms with Gasteiger partial charge in [0.25, 0.3) is 0 Å². The molecule has 0 amide bonds. The summed E-state index contributed by atoms with van der Waals surface area (Å²) in [5, 5.41) is 0. The Morgan fingerprint density at radius 3 is 0.700 bits per heavy atom. The number of hydrogen-bond acceptors (Lipinski definition) is 12. The van der Waals surface area contributed by atoms with Crippen LogP contribution in [-0.4, -0.2) is 59.8 Å². The maximum Gasteiger partial charge on any atom is 0.197 e. The lowest BCUT2D eigenvalue weighted by atomic mass is 10.3. The molecule has 40 heavy (non-hydrogen) atoms. The third-order valence-corrected chi connectivity index (χ3v) is 5.04. The quantitative estimate of drug-likeness (QED) is 0.315. The molecule has 0 saturated carbocycles. The minimum absolute atomic E-state index is 0.368. The fourth-order valence-electron chi connectivity index (χ4n) is 3.15. The van der Waals surface area contributed by atoms with Gasteiger partial charge in [-0.15, -0.1) is 0 Å². The van der Waals surface area contributed by atoms with E-state index in [0.717, 1.165) is 0 Å². The molecular formula is C28H14N12. The zero-order chi connectivity index (χ0) is 27.0. The van der Waals surface area contributed by atoms with Gasteiger partial charge in [0.05, 0.1) is 22.3 Å².